The van der Waals surface area contributed by atoms with Gasteiger partial charge in [-0.05, 0) is 24.8 Å². The molecule has 0 aliphatic carbocycles. The first-order valence-corrected chi connectivity index (χ1v) is 9.25. The number of aryl methyl sites for hydroxylation is 2. The van der Waals surface area contributed by atoms with Crippen LogP contribution in [0.5, 0.6) is 0 Å². The highest BCUT2D eigenvalue weighted by Crippen LogP contribution is 2.24. The zero-order chi connectivity index (χ0) is 16.5. The van der Waals surface area contributed by atoms with Crippen LogP contribution in [-0.4, -0.2) is 57.4 Å². The number of thiophene rings is 1. The topological polar surface area (TPSA) is 50.1 Å². The van der Waals surface area contributed by atoms with Crippen LogP contribution in [0.4, 0.5) is 5.82 Å². The first-order chi connectivity index (χ1) is 11.7. The highest BCUT2D eigenvalue weighted by molar-refractivity contribution is 7.09. The zero-order valence-corrected chi connectivity index (χ0v) is 15.0. The molecule has 1 saturated heterocycles. The molecule has 0 atom stereocenters. The first-order valence-electron chi connectivity index (χ1n) is 8.37. The van der Waals surface area contributed by atoms with Gasteiger partial charge in [0.2, 0.25) is 0 Å². The van der Waals surface area contributed by atoms with Crippen LogP contribution >= 0.6 is 11.3 Å². The Kier molecular flexibility index (Phi) is 4.20. The average molecular weight is 342 g/mol. The van der Waals surface area contributed by atoms with Gasteiger partial charge in [0.15, 0.2) is 5.65 Å². The maximum absolute atomic E-state index is 4.69. The van der Waals surface area contributed by atoms with Crippen molar-refractivity contribution < 1.29 is 0 Å². The number of fused-ring (bicyclic) bond motifs is 1. The summed E-state index contributed by atoms with van der Waals surface area (Å²) in [5.41, 5.74) is 0.914. The number of nitrogens with zero attached hydrogens (tertiary/aromatic N) is 6. The maximum atomic E-state index is 4.69. The molecule has 4 heterocycles. The highest BCUT2D eigenvalue weighted by Gasteiger charge is 2.21. The minimum Gasteiger partial charge on any atom is -0.353 e. The van der Waals surface area contributed by atoms with E-state index in [0.29, 0.717) is 0 Å². The molecule has 0 radical (unpaired) electrons. The highest BCUT2D eigenvalue weighted by atomic mass is 32.1. The van der Waals surface area contributed by atoms with Gasteiger partial charge in [-0.15, -0.1) is 11.3 Å². The van der Waals surface area contributed by atoms with Crippen LogP contribution in [0.3, 0.4) is 0 Å². The molecule has 24 heavy (non-hydrogen) atoms. The molecule has 3 aromatic heterocycles. The molecule has 7 heteroatoms. The fraction of sp³-hybridized carbons (Fsp3) is 0.471. The van der Waals surface area contributed by atoms with Crippen LogP contribution in [0.25, 0.3) is 11.0 Å². The standard InChI is InChI=1S/C17H22N6S/c1-13-19-16-15(12-18-21(16)2)17(20-13)23-9-7-22(8-10-23)6-5-14-4-3-11-24-14/h3-4,11-12H,5-10H2,1-2H3. The molecule has 0 bridgehead atoms. The largest absolute Gasteiger partial charge is 0.353 e. The number of anilines is 1. The van der Waals surface area contributed by atoms with Gasteiger partial charge in [-0.2, -0.15) is 5.10 Å². The summed E-state index contributed by atoms with van der Waals surface area (Å²) in [6.07, 6.45) is 3.03. The van der Waals surface area contributed by atoms with Crippen LogP contribution in [0, 0.1) is 6.92 Å². The monoisotopic (exact) mass is 342 g/mol. The lowest BCUT2D eigenvalue weighted by Gasteiger charge is -2.35. The van der Waals surface area contributed by atoms with E-state index in [9.17, 15) is 0 Å². The van der Waals surface area contributed by atoms with Crippen LogP contribution in [0.15, 0.2) is 23.7 Å². The maximum Gasteiger partial charge on any atom is 0.163 e. The fourth-order valence-corrected chi connectivity index (χ4v) is 3.96. The predicted molar refractivity (Wildman–Crippen MR) is 97.7 cm³/mol. The van der Waals surface area contributed by atoms with Gasteiger partial charge in [0.05, 0.1) is 11.6 Å². The molecule has 0 N–H and O–H groups in total. The Morgan fingerprint density at radius 3 is 2.75 bits per heavy atom. The minimum absolute atomic E-state index is 0.807. The molecule has 0 spiro atoms. The Morgan fingerprint density at radius 1 is 1.17 bits per heavy atom. The number of rotatable bonds is 4. The van der Waals surface area contributed by atoms with Crippen molar-refractivity contribution in [3.05, 3.63) is 34.4 Å². The summed E-state index contributed by atoms with van der Waals surface area (Å²) in [5.74, 6) is 1.84. The SMILES string of the molecule is Cc1nc(N2CCN(CCc3cccs3)CC2)c2cnn(C)c2n1. The second-order valence-corrected chi connectivity index (χ2v) is 7.29. The number of aromatic nitrogens is 4. The Bertz CT molecular complexity index is 817. The normalized spacial score (nSPS) is 16.2. The predicted octanol–water partition coefficient (Wildman–Crippen LogP) is 2.10. The van der Waals surface area contributed by atoms with Crippen molar-refractivity contribution in [2.24, 2.45) is 7.05 Å². The van der Waals surface area contributed by atoms with Gasteiger partial charge in [0, 0.05) is 44.6 Å². The molecule has 0 saturated carbocycles. The molecular formula is C17H22N6S. The van der Waals surface area contributed by atoms with Gasteiger partial charge >= 0.3 is 0 Å². The third-order valence-electron chi connectivity index (χ3n) is 4.61. The Labute approximate surface area is 145 Å². The van der Waals surface area contributed by atoms with E-state index in [1.54, 1.807) is 0 Å². The lowest BCUT2D eigenvalue weighted by atomic mass is 10.2. The van der Waals surface area contributed by atoms with Gasteiger partial charge < -0.3 is 4.90 Å². The molecule has 1 fully saturated rings. The zero-order valence-electron chi connectivity index (χ0n) is 14.1. The van der Waals surface area contributed by atoms with E-state index in [1.807, 2.05) is 36.2 Å². The van der Waals surface area contributed by atoms with Crippen molar-refractivity contribution in [2.45, 2.75) is 13.3 Å². The van der Waals surface area contributed by atoms with Crippen LogP contribution < -0.4 is 4.90 Å². The van der Waals surface area contributed by atoms with E-state index >= 15 is 0 Å². The lowest BCUT2D eigenvalue weighted by molar-refractivity contribution is 0.261. The van der Waals surface area contributed by atoms with Crippen molar-refractivity contribution in [2.75, 3.05) is 37.6 Å². The van der Waals surface area contributed by atoms with Crippen molar-refractivity contribution in [3.63, 3.8) is 0 Å². The fourth-order valence-electron chi connectivity index (χ4n) is 3.26. The van der Waals surface area contributed by atoms with Crippen molar-refractivity contribution in [1.82, 2.24) is 24.6 Å². The van der Waals surface area contributed by atoms with Gasteiger partial charge in [-0.1, -0.05) is 6.07 Å². The molecule has 1 aliphatic rings. The van der Waals surface area contributed by atoms with Gasteiger partial charge in [0.1, 0.15) is 11.6 Å². The minimum atomic E-state index is 0.807. The molecule has 3 aromatic rings. The van der Waals surface area contributed by atoms with E-state index in [2.05, 4.69) is 37.4 Å². The molecular weight excluding hydrogens is 320 g/mol. The summed E-state index contributed by atoms with van der Waals surface area (Å²) < 4.78 is 1.82. The first kappa shape index (κ1) is 15.5. The van der Waals surface area contributed by atoms with E-state index in [0.717, 1.165) is 61.8 Å². The smallest absolute Gasteiger partial charge is 0.163 e. The summed E-state index contributed by atoms with van der Waals surface area (Å²) in [6, 6.07) is 4.36. The number of hydrogen-bond acceptors (Lipinski definition) is 6. The quantitative estimate of drug-likeness (QED) is 0.727. The van der Waals surface area contributed by atoms with Gasteiger partial charge in [-0.25, -0.2) is 9.97 Å². The van der Waals surface area contributed by atoms with Crippen LogP contribution in [0.1, 0.15) is 10.7 Å². The van der Waals surface area contributed by atoms with Crippen LogP contribution in [-0.2, 0) is 13.5 Å². The summed E-state index contributed by atoms with van der Waals surface area (Å²) in [6.45, 7) is 7.26. The third-order valence-corrected chi connectivity index (χ3v) is 5.55. The van der Waals surface area contributed by atoms with E-state index < -0.39 is 0 Å². The molecule has 4 rings (SSSR count). The van der Waals surface area contributed by atoms with Crippen LogP contribution in [0.2, 0.25) is 0 Å². The Hall–Kier alpha value is -1.99. The molecule has 0 amide bonds. The molecule has 0 aromatic carbocycles. The van der Waals surface area contributed by atoms with Crippen molar-refractivity contribution >= 4 is 28.2 Å². The third kappa shape index (κ3) is 3.01. The van der Waals surface area contributed by atoms with Gasteiger partial charge in [0.25, 0.3) is 0 Å². The van der Waals surface area contributed by atoms with E-state index in [4.69, 9.17) is 4.98 Å². The molecule has 1 aliphatic heterocycles. The Balaban J connectivity index is 1.44. The lowest BCUT2D eigenvalue weighted by Crippen LogP contribution is -2.47. The summed E-state index contributed by atoms with van der Waals surface area (Å²) in [5, 5.41) is 7.55. The number of piperazine rings is 1. The van der Waals surface area contributed by atoms with Gasteiger partial charge in [-0.3, -0.25) is 9.58 Å². The molecule has 6 nitrogen and oxygen atoms in total. The second-order valence-electron chi connectivity index (χ2n) is 6.26. The molecule has 126 valence electrons. The summed E-state index contributed by atoms with van der Waals surface area (Å²) in [7, 11) is 1.93. The number of hydrogen-bond donors (Lipinski definition) is 0. The summed E-state index contributed by atoms with van der Waals surface area (Å²) in [4.78, 5) is 15.6. The van der Waals surface area contributed by atoms with Crippen molar-refractivity contribution in [3.8, 4) is 0 Å². The Morgan fingerprint density at radius 2 is 2.00 bits per heavy atom. The average Bonchev–Trinajstić information content (AvgIpc) is 3.23. The van der Waals surface area contributed by atoms with E-state index in [-0.39, 0.29) is 0 Å². The second kappa shape index (κ2) is 6.49. The molecule has 0 unspecified atom stereocenters. The summed E-state index contributed by atoms with van der Waals surface area (Å²) >= 11 is 1.85. The van der Waals surface area contributed by atoms with E-state index in [1.165, 1.54) is 4.88 Å². The van der Waals surface area contributed by atoms with Crippen molar-refractivity contribution in [1.29, 1.82) is 0 Å².